The lowest BCUT2D eigenvalue weighted by Gasteiger charge is -2.21. The fourth-order valence-corrected chi connectivity index (χ4v) is 3.32. The van der Waals surface area contributed by atoms with Crippen LogP contribution in [-0.4, -0.2) is 19.5 Å². The van der Waals surface area contributed by atoms with Gasteiger partial charge in [-0.15, -0.1) is 0 Å². The van der Waals surface area contributed by atoms with E-state index in [9.17, 15) is 5.11 Å². The average molecular weight is 303 g/mol. The Kier molecular flexibility index (Phi) is 4.39. The number of hydrogen-bond acceptors (Lipinski definition) is 3. The summed E-state index contributed by atoms with van der Waals surface area (Å²) < 4.78 is 4.92. The second kappa shape index (κ2) is 6.43. The lowest BCUT2D eigenvalue weighted by Crippen LogP contribution is -2.15. The van der Waals surface area contributed by atoms with Gasteiger partial charge >= 0.3 is 0 Å². The Hall–Kier alpha value is -1.62. The molecule has 3 rings (SSSR count). The van der Waals surface area contributed by atoms with Crippen molar-refractivity contribution in [2.24, 2.45) is 0 Å². The molecule has 112 valence electrons. The van der Waals surface area contributed by atoms with Gasteiger partial charge in [0.15, 0.2) is 4.77 Å². The molecule has 1 aromatic carbocycles. The summed E-state index contributed by atoms with van der Waals surface area (Å²) >= 11 is 5.57. The minimum Gasteiger partial charge on any atom is -0.508 e. The number of nitrogens with zero attached hydrogens (tertiary/aromatic N) is 3. The fourth-order valence-electron chi connectivity index (χ4n) is 2.99. The van der Waals surface area contributed by atoms with Gasteiger partial charge in [0.25, 0.3) is 0 Å². The van der Waals surface area contributed by atoms with Gasteiger partial charge < -0.3 is 9.67 Å². The van der Waals surface area contributed by atoms with Crippen molar-refractivity contribution in [3.63, 3.8) is 0 Å². The van der Waals surface area contributed by atoms with Crippen LogP contribution in [0.25, 0.3) is 0 Å². The molecule has 5 heteroatoms. The van der Waals surface area contributed by atoms with Crippen LogP contribution < -0.4 is 0 Å². The summed E-state index contributed by atoms with van der Waals surface area (Å²) in [5, 5.41) is 13.8. The number of phenolic OH excluding ortho intramolecular Hbond substituents is 1. The van der Waals surface area contributed by atoms with Gasteiger partial charge in [0.05, 0.1) is 6.04 Å². The minimum atomic E-state index is 0.306. The van der Waals surface area contributed by atoms with Gasteiger partial charge in [-0.25, -0.2) is 4.68 Å². The Morgan fingerprint density at radius 2 is 1.86 bits per heavy atom. The molecule has 0 amide bonds. The molecule has 0 bridgehead atoms. The number of aromatic hydroxyl groups is 1. The van der Waals surface area contributed by atoms with Gasteiger partial charge in [-0.1, -0.05) is 31.4 Å². The van der Waals surface area contributed by atoms with E-state index < -0.39 is 0 Å². The highest BCUT2D eigenvalue weighted by atomic mass is 32.1. The Bertz CT molecular complexity index is 638. The van der Waals surface area contributed by atoms with E-state index in [0.717, 1.165) is 17.7 Å². The topological polar surface area (TPSA) is 43.0 Å². The normalized spacial score (nSPS) is 16.2. The molecule has 1 heterocycles. The highest BCUT2D eigenvalue weighted by molar-refractivity contribution is 7.71. The first-order valence-electron chi connectivity index (χ1n) is 7.66. The van der Waals surface area contributed by atoms with E-state index in [4.69, 9.17) is 12.2 Å². The first-order valence-corrected chi connectivity index (χ1v) is 8.07. The van der Waals surface area contributed by atoms with Crippen LogP contribution in [-0.2, 0) is 13.0 Å². The predicted molar refractivity (Wildman–Crippen MR) is 85.0 cm³/mol. The van der Waals surface area contributed by atoms with Crippen LogP contribution in [0.5, 0.6) is 5.75 Å². The van der Waals surface area contributed by atoms with Gasteiger partial charge in [0.1, 0.15) is 12.1 Å². The van der Waals surface area contributed by atoms with E-state index in [1.54, 1.807) is 12.1 Å². The van der Waals surface area contributed by atoms with Crippen LogP contribution in [0.15, 0.2) is 30.6 Å². The van der Waals surface area contributed by atoms with Gasteiger partial charge in [-0.05, 0) is 49.2 Å². The number of benzene rings is 1. The van der Waals surface area contributed by atoms with Gasteiger partial charge in [-0.3, -0.25) is 0 Å². The summed E-state index contributed by atoms with van der Waals surface area (Å²) in [4.78, 5) is 0. The molecular weight excluding hydrogens is 282 g/mol. The van der Waals surface area contributed by atoms with E-state index in [1.165, 1.54) is 37.7 Å². The Morgan fingerprint density at radius 1 is 1.14 bits per heavy atom. The molecule has 1 aliphatic carbocycles. The molecule has 0 radical (unpaired) electrons. The Balaban J connectivity index is 1.67. The molecule has 0 atom stereocenters. The molecule has 0 aliphatic heterocycles. The first kappa shape index (κ1) is 14.3. The molecular formula is C16H21N3OS. The molecule has 0 spiro atoms. The summed E-state index contributed by atoms with van der Waals surface area (Å²) in [5.41, 5.74) is 1.19. The predicted octanol–water partition coefficient (Wildman–Crippen LogP) is 3.87. The first-order chi connectivity index (χ1) is 10.2. The monoisotopic (exact) mass is 303 g/mol. The van der Waals surface area contributed by atoms with Crippen molar-refractivity contribution >= 4 is 12.2 Å². The van der Waals surface area contributed by atoms with E-state index in [1.807, 2.05) is 23.1 Å². The van der Waals surface area contributed by atoms with Crippen LogP contribution in [0.4, 0.5) is 0 Å². The number of phenols is 1. The highest BCUT2D eigenvalue weighted by Gasteiger charge is 2.17. The molecule has 2 aromatic rings. The third-order valence-corrected chi connectivity index (χ3v) is 4.68. The number of hydrogen-bond donors (Lipinski definition) is 1. The van der Waals surface area contributed by atoms with Crippen molar-refractivity contribution in [3.05, 3.63) is 40.9 Å². The zero-order valence-corrected chi connectivity index (χ0v) is 12.9. The summed E-state index contributed by atoms with van der Waals surface area (Å²) in [6.45, 7) is 0.830. The fraction of sp³-hybridized carbons (Fsp3) is 0.500. The number of rotatable bonds is 4. The summed E-state index contributed by atoms with van der Waals surface area (Å²) in [6.07, 6.45) is 9.06. The van der Waals surface area contributed by atoms with E-state index in [-0.39, 0.29) is 0 Å². The molecule has 1 aliphatic rings. The van der Waals surface area contributed by atoms with E-state index >= 15 is 0 Å². The van der Waals surface area contributed by atoms with Crippen molar-refractivity contribution in [1.29, 1.82) is 0 Å². The maximum absolute atomic E-state index is 9.30. The average Bonchev–Trinajstić information content (AvgIpc) is 2.89. The number of aryl methyl sites for hydroxylation is 2. The molecule has 0 saturated heterocycles. The minimum absolute atomic E-state index is 0.306. The Labute approximate surface area is 130 Å². The zero-order chi connectivity index (χ0) is 14.7. The van der Waals surface area contributed by atoms with Crippen LogP contribution in [0, 0.1) is 4.77 Å². The molecule has 0 unspecified atom stereocenters. The smallest absolute Gasteiger partial charge is 0.197 e. The van der Waals surface area contributed by atoms with Crippen molar-refractivity contribution in [2.45, 2.75) is 51.1 Å². The van der Waals surface area contributed by atoms with Crippen LogP contribution in [0.2, 0.25) is 0 Å². The quantitative estimate of drug-likeness (QED) is 0.872. The second-order valence-corrected chi connectivity index (χ2v) is 6.12. The second-order valence-electron chi connectivity index (χ2n) is 5.76. The summed E-state index contributed by atoms with van der Waals surface area (Å²) in [7, 11) is 0. The molecule has 1 N–H and O–H groups in total. The largest absolute Gasteiger partial charge is 0.508 e. The van der Waals surface area contributed by atoms with Gasteiger partial charge in [0.2, 0.25) is 0 Å². The lowest BCUT2D eigenvalue weighted by atomic mass is 9.96. The lowest BCUT2D eigenvalue weighted by molar-refractivity contribution is 0.324. The summed E-state index contributed by atoms with van der Waals surface area (Å²) in [5.74, 6) is 0.306. The molecule has 1 saturated carbocycles. The Morgan fingerprint density at radius 3 is 2.57 bits per heavy atom. The maximum atomic E-state index is 9.30. The van der Waals surface area contributed by atoms with Crippen molar-refractivity contribution in [2.75, 3.05) is 0 Å². The maximum Gasteiger partial charge on any atom is 0.197 e. The molecule has 1 aromatic heterocycles. The van der Waals surface area contributed by atoms with E-state index in [2.05, 4.69) is 9.67 Å². The SMILES string of the molecule is Oc1ccc(CCn2cnn(C3CCCCC3)c2=S)cc1. The molecule has 4 nitrogen and oxygen atoms in total. The van der Waals surface area contributed by atoms with Crippen molar-refractivity contribution in [1.82, 2.24) is 14.3 Å². The molecule has 21 heavy (non-hydrogen) atoms. The highest BCUT2D eigenvalue weighted by Crippen LogP contribution is 2.27. The standard InChI is InChI=1S/C16H21N3OS/c20-15-8-6-13(7-9-15)10-11-18-12-17-19(16(18)21)14-4-2-1-3-5-14/h6-9,12,14,20H,1-5,10-11H2. The van der Waals surface area contributed by atoms with Crippen LogP contribution in [0.1, 0.15) is 43.7 Å². The van der Waals surface area contributed by atoms with Gasteiger partial charge in [-0.2, -0.15) is 5.10 Å². The van der Waals surface area contributed by atoms with Crippen molar-refractivity contribution in [3.8, 4) is 5.75 Å². The summed E-state index contributed by atoms with van der Waals surface area (Å²) in [6, 6.07) is 7.83. The number of aromatic nitrogens is 3. The van der Waals surface area contributed by atoms with E-state index in [0.29, 0.717) is 11.8 Å². The van der Waals surface area contributed by atoms with Crippen LogP contribution in [0.3, 0.4) is 0 Å². The third kappa shape index (κ3) is 3.35. The van der Waals surface area contributed by atoms with Gasteiger partial charge in [0, 0.05) is 6.54 Å². The zero-order valence-electron chi connectivity index (χ0n) is 12.1. The third-order valence-electron chi connectivity index (χ3n) is 4.26. The van der Waals surface area contributed by atoms with Crippen molar-refractivity contribution < 1.29 is 5.11 Å². The van der Waals surface area contributed by atoms with Crippen LogP contribution >= 0.6 is 12.2 Å². The molecule has 1 fully saturated rings.